The molecule has 4 rings (SSSR count). The smallest absolute Gasteiger partial charge is 0.303 e. The number of benzene rings is 1. The number of carboxylic acid groups (broad SMARTS) is 1. The van der Waals surface area contributed by atoms with Gasteiger partial charge in [0.1, 0.15) is 5.75 Å². The van der Waals surface area contributed by atoms with E-state index < -0.39 is 12.1 Å². The lowest BCUT2D eigenvalue weighted by molar-refractivity contribution is -0.139. The number of fused-ring (bicyclic) bond motifs is 1. The van der Waals surface area contributed by atoms with Gasteiger partial charge in [0.05, 0.1) is 30.3 Å². The van der Waals surface area contributed by atoms with Crippen molar-refractivity contribution >= 4 is 39.8 Å². The summed E-state index contributed by atoms with van der Waals surface area (Å²) in [4.78, 5) is 18.2. The molecule has 0 aliphatic carbocycles. The maximum absolute atomic E-state index is 11.6. The van der Waals surface area contributed by atoms with Gasteiger partial charge < -0.3 is 14.9 Å². The van der Waals surface area contributed by atoms with Crippen molar-refractivity contribution in [2.45, 2.75) is 31.8 Å². The van der Waals surface area contributed by atoms with E-state index in [1.165, 1.54) is 0 Å². The van der Waals surface area contributed by atoms with Crippen LogP contribution in [0.4, 0.5) is 0 Å². The molecule has 184 valence electrons. The summed E-state index contributed by atoms with van der Waals surface area (Å²) in [6.07, 6.45) is 3.00. The number of likely N-dealkylation sites (tertiary alicyclic amines) is 1. The van der Waals surface area contributed by atoms with Gasteiger partial charge in [-0.2, -0.15) is 11.3 Å². The Morgan fingerprint density at radius 2 is 2.23 bits per heavy atom. The number of pyridine rings is 1. The molecular weight excluding hydrogens is 484 g/mol. The number of halogens is 1. The number of rotatable bonds is 8. The Balaban J connectivity index is 1.42. The first kappa shape index (κ1) is 25.5. The number of thiophene rings is 1. The van der Waals surface area contributed by atoms with Crippen LogP contribution in [0, 0.1) is 23.7 Å². The highest BCUT2D eigenvalue weighted by atomic mass is 35.5. The Morgan fingerprint density at radius 3 is 2.97 bits per heavy atom. The van der Waals surface area contributed by atoms with Crippen LogP contribution in [0.15, 0.2) is 41.2 Å². The van der Waals surface area contributed by atoms with E-state index in [0.29, 0.717) is 35.8 Å². The van der Waals surface area contributed by atoms with Crippen molar-refractivity contribution in [2.24, 2.45) is 11.8 Å². The number of piperidine rings is 1. The largest absolute Gasteiger partial charge is 0.497 e. The second-order valence-corrected chi connectivity index (χ2v) is 10.1. The highest BCUT2D eigenvalue weighted by Crippen LogP contribution is 2.37. The quantitative estimate of drug-likeness (QED) is 0.402. The van der Waals surface area contributed by atoms with Gasteiger partial charge in [0.25, 0.3) is 0 Å². The lowest BCUT2D eigenvalue weighted by atomic mass is 9.79. The maximum atomic E-state index is 11.6. The fraction of sp³-hybridized carbons (Fsp3) is 0.407. The monoisotopic (exact) mass is 512 g/mol. The van der Waals surface area contributed by atoms with E-state index in [1.54, 1.807) is 24.6 Å². The molecular formula is C27H29ClN2O4S. The molecule has 3 unspecified atom stereocenters. The molecule has 6 nitrogen and oxygen atoms in total. The van der Waals surface area contributed by atoms with E-state index in [2.05, 4.69) is 21.7 Å². The van der Waals surface area contributed by atoms with Crippen molar-refractivity contribution in [1.82, 2.24) is 9.88 Å². The molecule has 0 amide bonds. The van der Waals surface area contributed by atoms with Crippen molar-refractivity contribution in [2.75, 3.05) is 26.7 Å². The predicted octanol–water partition coefficient (Wildman–Crippen LogP) is 5.24. The zero-order chi connectivity index (χ0) is 24.8. The third-order valence-electron chi connectivity index (χ3n) is 6.68. The van der Waals surface area contributed by atoms with Crippen LogP contribution in [0.3, 0.4) is 0 Å². The summed E-state index contributed by atoms with van der Waals surface area (Å²) in [5, 5.41) is 25.8. The highest BCUT2D eigenvalue weighted by Gasteiger charge is 2.31. The topological polar surface area (TPSA) is 82.9 Å². The second-order valence-electron chi connectivity index (χ2n) is 8.95. The van der Waals surface area contributed by atoms with E-state index in [-0.39, 0.29) is 18.3 Å². The predicted molar refractivity (Wildman–Crippen MR) is 139 cm³/mol. The van der Waals surface area contributed by atoms with Crippen LogP contribution in [-0.2, 0) is 4.79 Å². The fourth-order valence-electron chi connectivity index (χ4n) is 4.87. The molecule has 2 N–H and O–H groups in total. The Morgan fingerprint density at radius 1 is 1.37 bits per heavy atom. The number of aliphatic carboxylic acids is 1. The number of ether oxygens (including phenoxy) is 1. The van der Waals surface area contributed by atoms with Gasteiger partial charge in [0.2, 0.25) is 0 Å². The van der Waals surface area contributed by atoms with Crippen molar-refractivity contribution in [1.29, 1.82) is 0 Å². The highest BCUT2D eigenvalue weighted by molar-refractivity contribution is 7.08. The van der Waals surface area contributed by atoms with E-state index in [1.807, 2.05) is 35.0 Å². The van der Waals surface area contributed by atoms with Crippen LogP contribution < -0.4 is 4.74 Å². The van der Waals surface area contributed by atoms with Crippen molar-refractivity contribution < 1.29 is 19.7 Å². The summed E-state index contributed by atoms with van der Waals surface area (Å²) < 4.78 is 5.34. The van der Waals surface area contributed by atoms with E-state index in [4.69, 9.17) is 16.3 Å². The van der Waals surface area contributed by atoms with Crippen molar-refractivity contribution in [3.63, 3.8) is 0 Å². The zero-order valence-electron chi connectivity index (χ0n) is 19.6. The number of nitrogens with zero attached hydrogens (tertiary/aromatic N) is 2. The lowest BCUT2D eigenvalue weighted by Gasteiger charge is -2.37. The molecule has 0 radical (unpaired) electrons. The van der Waals surface area contributed by atoms with Crippen LogP contribution in [-0.4, -0.2) is 52.8 Å². The first-order valence-corrected chi connectivity index (χ1v) is 13.0. The van der Waals surface area contributed by atoms with Crippen LogP contribution in [0.2, 0.25) is 5.02 Å². The molecule has 1 aliphatic rings. The molecule has 1 fully saturated rings. The summed E-state index contributed by atoms with van der Waals surface area (Å²) in [7, 11) is 1.60. The van der Waals surface area contributed by atoms with Crippen molar-refractivity contribution in [3.05, 3.63) is 57.4 Å². The van der Waals surface area contributed by atoms with Gasteiger partial charge in [-0.15, -0.1) is 0 Å². The minimum absolute atomic E-state index is 0.0150. The molecule has 1 aliphatic heterocycles. The van der Waals surface area contributed by atoms with Crippen LogP contribution in [0.1, 0.15) is 42.9 Å². The molecule has 0 saturated carbocycles. The minimum atomic E-state index is -0.790. The first-order chi connectivity index (χ1) is 16.9. The standard InChI is InChI=1S/C27H29ClN2O4S/c1-34-21-5-6-24-22(14-21)27(23(28)15-29-24)25(31)7-4-19-8-11-30(16-20(19)13-26(32)33)10-2-3-18-9-12-35-17-18/h5-6,9,12,14-15,17,19-20,25,31H,4,7-8,10-11,13,16H2,1H3,(H,32,33). The summed E-state index contributed by atoms with van der Waals surface area (Å²) in [6.45, 7) is 2.19. The van der Waals surface area contributed by atoms with Gasteiger partial charge in [0.15, 0.2) is 0 Å². The Hall–Kier alpha value is -2.63. The number of carbonyl (C=O) groups is 1. The molecule has 0 bridgehead atoms. The molecule has 2 aromatic heterocycles. The van der Waals surface area contributed by atoms with Gasteiger partial charge in [-0.25, -0.2) is 0 Å². The van der Waals surface area contributed by atoms with Gasteiger partial charge >= 0.3 is 5.97 Å². The maximum Gasteiger partial charge on any atom is 0.303 e. The lowest BCUT2D eigenvalue weighted by Crippen LogP contribution is -2.41. The van der Waals surface area contributed by atoms with Gasteiger partial charge in [0, 0.05) is 41.1 Å². The Bertz CT molecular complexity index is 1220. The summed E-state index contributed by atoms with van der Waals surface area (Å²) in [5.41, 5.74) is 2.40. The van der Waals surface area contributed by atoms with Crippen LogP contribution in [0.5, 0.6) is 5.75 Å². The number of hydrogen-bond acceptors (Lipinski definition) is 6. The van der Waals surface area contributed by atoms with Crippen LogP contribution >= 0.6 is 22.9 Å². The number of methoxy groups -OCH3 is 1. The molecule has 1 saturated heterocycles. The molecule has 8 heteroatoms. The van der Waals surface area contributed by atoms with E-state index in [0.717, 1.165) is 35.9 Å². The molecule has 0 spiro atoms. The molecule has 3 atom stereocenters. The minimum Gasteiger partial charge on any atom is -0.497 e. The number of aromatic nitrogens is 1. The Kier molecular flexibility index (Phi) is 8.64. The van der Waals surface area contributed by atoms with Crippen LogP contribution in [0.25, 0.3) is 10.9 Å². The summed E-state index contributed by atoms with van der Waals surface area (Å²) in [5.74, 6) is 6.49. The average molecular weight is 513 g/mol. The SMILES string of the molecule is COc1ccc2ncc(Cl)c(C(O)CCC3CCN(CC#Cc4ccsc4)CC3CC(=O)O)c2c1. The molecule has 3 aromatic rings. The van der Waals surface area contributed by atoms with E-state index >= 15 is 0 Å². The zero-order valence-corrected chi connectivity index (χ0v) is 21.2. The second kappa shape index (κ2) is 11.9. The molecule has 35 heavy (non-hydrogen) atoms. The summed E-state index contributed by atoms with van der Waals surface area (Å²) >= 11 is 8.08. The number of aliphatic hydroxyl groups is 1. The number of carboxylic acids is 1. The van der Waals surface area contributed by atoms with Gasteiger partial charge in [-0.1, -0.05) is 23.4 Å². The average Bonchev–Trinajstić information content (AvgIpc) is 3.36. The third kappa shape index (κ3) is 6.53. The molecule has 3 heterocycles. The summed E-state index contributed by atoms with van der Waals surface area (Å²) in [6, 6.07) is 7.52. The molecule has 1 aromatic carbocycles. The first-order valence-electron chi connectivity index (χ1n) is 11.7. The van der Waals surface area contributed by atoms with E-state index in [9.17, 15) is 15.0 Å². The van der Waals surface area contributed by atoms with Crippen molar-refractivity contribution in [3.8, 4) is 17.6 Å². The van der Waals surface area contributed by atoms with Gasteiger partial charge in [-0.05, 0) is 67.3 Å². The number of aliphatic hydroxyl groups excluding tert-OH is 1. The number of hydrogen-bond donors (Lipinski definition) is 2. The van der Waals surface area contributed by atoms with Gasteiger partial charge in [-0.3, -0.25) is 14.7 Å². The fourth-order valence-corrected chi connectivity index (χ4v) is 5.74. The third-order valence-corrected chi connectivity index (χ3v) is 7.67. The normalized spacial score (nSPS) is 19.2. The Labute approximate surface area is 214 Å².